The largest absolute Gasteiger partial charge is 0.497 e. The molecule has 2 aliphatic heterocycles. The van der Waals surface area contributed by atoms with Gasteiger partial charge in [0.2, 0.25) is 0 Å². The molecule has 5 rings (SSSR count). The van der Waals surface area contributed by atoms with Crippen LogP contribution in [0.3, 0.4) is 0 Å². The van der Waals surface area contributed by atoms with Crippen molar-refractivity contribution in [2.75, 3.05) is 33.4 Å². The van der Waals surface area contributed by atoms with Crippen molar-refractivity contribution in [1.82, 2.24) is 19.8 Å². The molecule has 2 aliphatic rings. The van der Waals surface area contributed by atoms with Gasteiger partial charge in [-0.2, -0.15) is 0 Å². The van der Waals surface area contributed by atoms with E-state index in [2.05, 4.69) is 20.9 Å². The Morgan fingerprint density at radius 2 is 1.94 bits per heavy atom. The molecule has 0 N–H and O–H groups in total. The molecular formula is C26H28N4O3. The number of methoxy groups -OCH3 is 1. The Labute approximate surface area is 194 Å². The quantitative estimate of drug-likeness (QED) is 0.583. The summed E-state index contributed by atoms with van der Waals surface area (Å²) in [6, 6.07) is 16.0. The van der Waals surface area contributed by atoms with Gasteiger partial charge in [-0.3, -0.25) is 19.7 Å². The lowest BCUT2D eigenvalue weighted by atomic mass is 9.83. The first kappa shape index (κ1) is 21.6. The van der Waals surface area contributed by atoms with E-state index in [-0.39, 0.29) is 11.8 Å². The summed E-state index contributed by atoms with van der Waals surface area (Å²) in [6.07, 6.45) is 7.15. The predicted molar refractivity (Wildman–Crippen MR) is 124 cm³/mol. The molecule has 2 aromatic heterocycles. The van der Waals surface area contributed by atoms with Gasteiger partial charge in [0.05, 0.1) is 13.7 Å². The summed E-state index contributed by atoms with van der Waals surface area (Å²) in [5.74, 6) is 0.788. The molecule has 0 aliphatic carbocycles. The maximum Gasteiger partial charge on any atom is 0.257 e. The third kappa shape index (κ3) is 4.34. The fraction of sp³-hybridized carbons (Fsp3) is 0.346. The van der Waals surface area contributed by atoms with Gasteiger partial charge in [0.25, 0.3) is 5.91 Å². The number of benzene rings is 1. The molecule has 170 valence electrons. The Morgan fingerprint density at radius 3 is 2.73 bits per heavy atom. The number of hydrogen-bond donors (Lipinski definition) is 0. The van der Waals surface area contributed by atoms with Crippen molar-refractivity contribution in [3.8, 4) is 5.75 Å². The first-order valence-electron chi connectivity index (χ1n) is 11.3. The van der Waals surface area contributed by atoms with E-state index in [0.29, 0.717) is 26.2 Å². The molecule has 33 heavy (non-hydrogen) atoms. The first-order chi connectivity index (χ1) is 16.2. The van der Waals surface area contributed by atoms with Crippen LogP contribution in [0.4, 0.5) is 0 Å². The molecular weight excluding hydrogens is 416 g/mol. The number of rotatable bonds is 6. The number of hydrogen-bond acceptors (Lipinski definition) is 6. The Bertz CT molecular complexity index is 1090. The van der Waals surface area contributed by atoms with Crippen LogP contribution in [0, 0.1) is 0 Å². The number of amides is 1. The second-order valence-corrected chi connectivity index (χ2v) is 8.68. The van der Waals surface area contributed by atoms with Crippen LogP contribution in [-0.2, 0) is 22.6 Å². The van der Waals surface area contributed by atoms with E-state index in [9.17, 15) is 4.79 Å². The Kier molecular flexibility index (Phi) is 6.07. The Balaban J connectivity index is 1.44. The van der Waals surface area contributed by atoms with Crippen LogP contribution in [0.25, 0.3) is 0 Å². The molecule has 0 saturated carbocycles. The highest BCUT2D eigenvalue weighted by atomic mass is 16.5. The fourth-order valence-corrected chi connectivity index (χ4v) is 5.01. The van der Waals surface area contributed by atoms with Crippen molar-refractivity contribution in [2.24, 2.45) is 0 Å². The van der Waals surface area contributed by atoms with Crippen LogP contribution in [0.15, 0.2) is 73.3 Å². The third-order valence-corrected chi connectivity index (χ3v) is 6.58. The monoisotopic (exact) mass is 444 g/mol. The van der Waals surface area contributed by atoms with Crippen LogP contribution >= 0.6 is 0 Å². The summed E-state index contributed by atoms with van der Waals surface area (Å²) >= 11 is 0. The molecule has 4 heterocycles. The maximum atomic E-state index is 14.0. The van der Waals surface area contributed by atoms with Crippen molar-refractivity contribution in [1.29, 1.82) is 0 Å². The van der Waals surface area contributed by atoms with E-state index < -0.39 is 5.60 Å². The average molecular weight is 445 g/mol. The number of carbonyl (C=O) groups excluding carboxylic acids is 1. The lowest BCUT2D eigenvalue weighted by molar-refractivity contribution is -0.173. The molecule has 7 nitrogen and oxygen atoms in total. The van der Waals surface area contributed by atoms with Gasteiger partial charge in [0.1, 0.15) is 5.75 Å². The first-order valence-corrected chi connectivity index (χ1v) is 11.3. The maximum absolute atomic E-state index is 14.0. The van der Waals surface area contributed by atoms with Gasteiger partial charge in [0, 0.05) is 63.4 Å². The highest BCUT2D eigenvalue weighted by molar-refractivity contribution is 5.88. The van der Waals surface area contributed by atoms with Gasteiger partial charge in [-0.15, -0.1) is 0 Å². The zero-order valence-corrected chi connectivity index (χ0v) is 18.8. The van der Waals surface area contributed by atoms with E-state index in [1.165, 1.54) is 0 Å². The predicted octanol–water partition coefficient (Wildman–Crippen LogP) is 2.88. The Hall–Kier alpha value is -3.29. The second kappa shape index (κ2) is 9.29. The van der Waals surface area contributed by atoms with Gasteiger partial charge in [0.15, 0.2) is 5.60 Å². The number of aromatic nitrogens is 2. The van der Waals surface area contributed by atoms with Crippen molar-refractivity contribution < 1.29 is 14.3 Å². The smallest absolute Gasteiger partial charge is 0.257 e. The van der Waals surface area contributed by atoms with Gasteiger partial charge >= 0.3 is 0 Å². The van der Waals surface area contributed by atoms with Crippen molar-refractivity contribution in [2.45, 2.75) is 24.6 Å². The van der Waals surface area contributed by atoms with Gasteiger partial charge in [-0.05, 0) is 47.0 Å². The highest BCUT2D eigenvalue weighted by Crippen LogP contribution is 2.42. The number of likely N-dealkylation sites (tertiary alicyclic amines) is 1. The van der Waals surface area contributed by atoms with E-state index in [4.69, 9.17) is 9.47 Å². The molecule has 2 saturated heterocycles. The van der Waals surface area contributed by atoms with Crippen molar-refractivity contribution >= 4 is 5.91 Å². The van der Waals surface area contributed by atoms with Crippen LogP contribution < -0.4 is 4.74 Å². The molecule has 1 aromatic carbocycles. The molecule has 2 atom stereocenters. The van der Waals surface area contributed by atoms with Crippen LogP contribution in [0.5, 0.6) is 5.75 Å². The number of ether oxygens (including phenoxy) is 2. The molecule has 3 aromatic rings. The standard InChI is InChI=1S/C26H28N4O3/c1-32-23-6-2-4-21(14-23)16-29-18-24(22-5-3-9-28-15-22)26(19-29)25(31)30(12-13-33-26)17-20-7-10-27-11-8-20/h2-11,14-15,24H,12-13,16-19H2,1H3/t24-,26+/m1/s1. The summed E-state index contributed by atoms with van der Waals surface area (Å²) in [4.78, 5) is 26.6. The zero-order valence-electron chi connectivity index (χ0n) is 18.8. The zero-order chi connectivity index (χ0) is 22.7. The molecule has 2 fully saturated rings. The number of pyridine rings is 2. The summed E-state index contributed by atoms with van der Waals surface area (Å²) in [5.41, 5.74) is 2.32. The minimum Gasteiger partial charge on any atom is -0.497 e. The topological polar surface area (TPSA) is 67.8 Å². The summed E-state index contributed by atoms with van der Waals surface area (Å²) in [6.45, 7) is 3.63. The number of nitrogens with zero attached hydrogens (tertiary/aromatic N) is 4. The molecule has 0 bridgehead atoms. The van der Waals surface area contributed by atoms with Crippen LogP contribution in [0.2, 0.25) is 0 Å². The molecule has 0 unspecified atom stereocenters. The number of carbonyl (C=O) groups is 1. The normalized spacial score (nSPS) is 23.2. The summed E-state index contributed by atoms with van der Waals surface area (Å²) < 4.78 is 11.8. The minimum atomic E-state index is -0.923. The Morgan fingerprint density at radius 1 is 1.06 bits per heavy atom. The molecule has 1 spiro atoms. The average Bonchev–Trinajstić information content (AvgIpc) is 3.22. The van der Waals surface area contributed by atoms with E-state index >= 15 is 0 Å². The van der Waals surface area contributed by atoms with Gasteiger partial charge < -0.3 is 14.4 Å². The second-order valence-electron chi connectivity index (χ2n) is 8.68. The van der Waals surface area contributed by atoms with Crippen molar-refractivity contribution in [3.05, 3.63) is 90.0 Å². The van der Waals surface area contributed by atoms with Gasteiger partial charge in [-0.25, -0.2) is 0 Å². The summed E-state index contributed by atoms with van der Waals surface area (Å²) in [7, 11) is 1.67. The lowest BCUT2D eigenvalue weighted by Gasteiger charge is -2.42. The minimum absolute atomic E-state index is 0.0487. The van der Waals surface area contributed by atoms with Crippen LogP contribution in [-0.4, -0.2) is 64.6 Å². The number of morpholine rings is 1. The van der Waals surface area contributed by atoms with E-state index in [0.717, 1.165) is 35.5 Å². The molecule has 7 heteroatoms. The lowest BCUT2D eigenvalue weighted by Crippen LogP contribution is -2.59. The van der Waals surface area contributed by atoms with Gasteiger partial charge in [-0.1, -0.05) is 18.2 Å². The van der Waals surface area contributed by atoms with Crippen LogP contribution in [0.1, 0.15) is 22.6 Å². The molecule has 1 amide bonds. The van der Waals surface area contributed by atoms with E-state index in [1.807, 2.05) is 53.6 Å². The third-order valence-electron chi connectivity index (χ3n) is 6.58. The van der Waals surface area contributed by atoms with Crippen molar-refractivity contribution in [3.63, 3.8) is 0 Å². The summed E-state index contributed by atoms with van der Waals surface area (Å²) in [5, 5.41) is 0. The highest BCUT2D eigenvalue weighted by Gasteiger charge is 2.56. The SMILES string of the molecule is COc1cccc(CN2C[C@H](c3cccnc3)[C@]3(C2)OCCN(Cc2ccncc2)C3=O)c1. The fourth-order valence-electron chi connectivity index (χ4n) is 5.01. The molecule has 0 radical (unpaired) electrons. The van der Waals surface area contributed by atoms with E-state index in [1.54, 1.807) is 25.7 Å².